The molecule has 0 aromatic carbocycles. The van der Waals surface area contributed by atoms with Gasteiger partial charge in [-0.1, -0.05) is 0 Å². The Morgan fingerprint density at radius 2 is 2.11 bits per heavy atom. The molecular weight excluding hydrogens is 256 g/mol. The second kappa shape index (κ2) is 6.50. The van der Waals surface area contributed by atoms with Gasteiger partial charge in [0, 0.05) is 18.3 Å². The quantitative estimate of drug-likeness (QED) is 0.396. The summed E-state index contributed by atoms with van der Waals surface area (Å²) in [5.74, 6) is -3.48. The molecule has 2 unspecified atom stereocenters. The van der Waals surface area contributed by atoms with E-state index in [1.165, 1.54) is 12.5 Å². The molecule has 0 aliphatic rings. The lowest BCUT2D eigenvalue weighted by Crippen LogP contribution is -2.49. The minimum Gasteiger partial charge on any atom is -0.481 e. The van der Waals surface area contributed by atoms with E-state index in [2.05, 4.69) is 15.3 Å². The molecule has 2 atom stereocenters. The van der Waals surface area contributed by atoms with Gasteiger partial charge in [0.25, 0.3) is 0 Å². The van der Waals surface area contributed by atoms with Crippen LogP contribution in [0.3, 0.4) is 0 Å². The number of hydrogen-bond donors (Lipinski definition) is 5. The molecule has 1 aromatic rings. The Hall–Kier alpha value is -2.42. The SMILES string of the molecule is NC(Cc1cnc[nH]1)C(=O)NC(CC(=O)O)C(=O)O. The van der Waals surface area contributed by atoms with Crippen LogP contribution in [0.2, 0.25) is 0 Å². The van der Waals surface area contributed by atoms with Gasteiger partial charge < -0.3 is 26.2 Å². The Bertz CT molecular complexity index is 458. The number of nitrogens with two attached hydrogens (primary N) is 1. The number of carboxylic acids is 2. The molecule has 9 heteroatoms. The molecule has 0 fully saturated rings. The summed E-state index contributed by atoms with van der Waals surface area (Å²) in [5.41, 5.74) is 6.21. The molecule has 0 saturated carbocycles. The molecule has 0 saturated heterocycles. The lowest BCUT2D eigenvalue weighted by atomic mass is 10.1. The van der Waals surface area contributed by atoms with Crippen LogP contribution in [-0.4, -0.2) is 50.1 Å². The van der Waals surface area contributed by atoms with E-state index in [9.17, 15) is 14.4 Å². The van der Waals surface area contributed by atoms with E-state index in [1.54, 1.807) is 0 Å². The molecule has 19 heavy (non-hydrogen) atoms. The van der Waals surface area contributed by atoms with Gasteiger partial charge in [0.1, 0.15) is 6.04 Å². The van der Waals surface area contributed by atoms with Crippen LogP contribution >= 0.6 is 0 Å². The van der Waals surface area contributed by atoms with Crippen molar-refractivity contribution in [2.45, 2.75) is 24.9 Å². The average Bonchev–Trinajstić information content (AvgIpc) is 2.79. The third-order valence-electron chi connectivity index (χ3n) is 2.32. The first-order valence-corrected chi connectivity index (χ1v) is 5.38. The Morgan fingerprint density at radius 3 is 2.58 bits per heavy atom. The molecule has 1 heterocycles. The number of nitrogens with zero attached hydrogens (tertiary/aromatic N) is 1. The molecule has 0 aliphatic carbocycles. The fraction of sp³-hybridized carbons (Fsp3) is 0.400. The van der Waals surface area contributed by atoms with Crippen molar-refractivity contribution in [3.63, 3.8) is 0 Å². The number of H-pyrrole nitrogens is 1. The number of hydrogen-bond acceptors (Lipinski definition) is 5. The van der Waals surface area contributed by atoms with Crippen molar-refractivity contribution >= 4 is 17.8 Å². The maximum absolute atomic E-state index is 11.6. The van der Waals surface area contributed by atoms with Crippen LogP contribution in [0, 0.1) is 0 Å². The lowest BCUT2D eigenvalue weighted by Gasteiger charge is -2.16. The van der Waals surface area contributed by atoms with E-state index in [0.29, 0.717) is 5.69 Å². The Morgan fingerprint density at radius 1 is 1.42 bits per heavy atom. The number of nitrogens with one attached hydrogen (secondary N) is 2. The van der Waals surface area contributed by atoms with E-state index >= 15 is 0 Å². The van der Waals surface area contributed by atoms with Crippen LogP contribution in [-0.2, 0) is 20.8 Å². The number of amides is 1. The molecule has 0 spiro atoms. The maximum Gasteiger partial charge on any atom is 0.326 e. The largest absolute Gasteiger partial charge is 0.481 e. The number of aromatic amines is 1. The zero-order valence-electron chi connectivity index (χ0n) is 9.87. The van der Waals surface area contributed by atoms with Gasteiger partial charge in [0.2, 0.25) is 5.91 Å². The maximum atomic E-state index is 11.6. The van der Waals surface area contributed by atoms with E-state index in [-0.39, 0.29) is 6.42 Å². The first kappa shape index (κ1) is 14.6. The van der Waals surface area contributed by atoms with Gasteiger partial charge >= 0.3 is 11.9 Å². The summed E-state index contributed by atoms with van der Waals surface area (Å²) in [6, 6.07) is -2.49. The number of aliphatic carboxylic acids is 2. The van der Waals surface area contributed by atoms with Crippen molar-refractivity contribution in [3.05, 3.63) is 18.2 Å². The summed E-state index contributed by atoms with van der Waals surface area (Å²) in [6.07, 6.45) is 2.34. The highest BCUT2D eigenvalue weighted by molar-refractivity contribution is 5.89. The van der Waals surface area contributed by atoms with Crippen molar-refractivity contribution in [1.82, 2.24) is 15.3 Å². The van der Waals surface area contributed by atoms with Gasteiger partial charge in [-0.2, -0.15) is 0 Å². The number of imidazole rings is 1. The van der Waals surface area contributed by atoms with Gasteiger partial charge in [-0.25, -0.2) is 9.78 Å². The van der Waals surface area contributed by atoms with E-state index in [0.717, 1.165) is 0 Å². The highest BCUT2D eigenvalue weighted by Crippen LogP contribution is 1.99. The first-order valence-electron chi connectivity index (χ1n) is 5.38. The molecule has 0 radical (unpaired) electrons. The number of aromatic nitrogens is 2. The molecule has 6 N–H and O–H groups in total. The van der Waals surface area contributed by atoms with Crippen LogP contribution in [0.25, 0.3) is 0 Å². The minimum atomic E-state index is -1.50. The predicted octanol–water partition coefficient (Wildman–Crippen LogP) is -1.68. The second-order valence-electron chi connectivity index (χ2n) is 3.88. The van der Waals surface area contributed by atoms with Crippen LogP contribution in [0.15, 0.2) is 12.5 Å². The molecule has 0 bridgehead atoms. The molecule has 1 amide bonds. The number of carbonyl (C=O) groups excluding carboxylic acids is 1. The summed E-state index contributed by atoms with van der Waals surface area (Å²) in [6.45, 7) is 0. The van der Waals surface area contributed by atoms with Crippen molar-refractivity contribution in [1.29, 1.82) is 0 Å². The summed E-state index contributed by atoms with van der Waals surface area (Å²) >= 11 is 0. The average molecular weight is 270 g/mol. The normalized spacial score (nSPS) is 13.5. The van der Waals surface area contributed by atoms with Gasteiger partial charge in [0.05, 0.1) is 18.8 Å². The Balaban J connectivity index is 2.56. The number of rotatable bonds is 7. The molecular formula is C10H14N4O5. The van der Waals surface area contributed by atoms with Crippen molar-refractivity contribution in [2.24, 2.45) is 5.73 Å². The monoisotopic (exact) mass is 270 g/mol. The van der Waals surface area contributed by atoms with Crippen molar-refractivity contribution in [2.75, 3.05) is 0 Å². The smallest absolute Gasteiger partial charge is 0.326 e. The summed E-state index contributed by atoms with van der Waals surface area (Å²) in [5, 5.41) is 19.4. The topological polar surface area (TPSA) is 158 Å². The van der Waals surface area contributed by atoms with E-state index < -0.39 is 36.4 Å². The molecule has 0 aliphatic heterocycles. The summed E-state index contributed by atoms with van der Waals surface area (Å²) < 4.78 is 0. The lowest BCUT2D eigenvalue weighted by molar-refractivity contribution is -0.147. The highest BCUT2D eigenvalue weighted by atomic mass is 16.4. The third kappa shape index (κ3) is 4.76. The van der Waals surface area contributed by atoms with Crippen molar-refractivity contribution in [3.8, 4) is 0 Å². The predicted molar refractivity (Wildman–Crippen MR) is 62.1 cm³/mol. The standard InChI is InChI=1S/C10H14N4O5/c11-6(1-5-3-12-4-13-5)9(17)14-7(10(18)19)2-8(15)16/h3-4,6-7H,1-2,11H2,(H,12,13)(H,14,17)(H,15,16)(H,18,19). The second-order valence-corrected chi connectivity index (χ2v) is 3.88. The van der Waals surface area contributed by atoms with Crippen LogP contribution in [0.4, 0.5) is 0 Å². The molecule has 104 valence electrons. The van der Waals surface area contributed by atoms with Gasteiger partial charge in [-0.15, -0.1) is 0 Å². The van der Waals surface area contributed by atoms with Gasteiger partial charge in [-0.3, -0.25) is 9.59 Å². The molecule has 9 nitrogen and oxygen atoms in total. The number of carbonyl (C=O) groups is 3. The summed E-state index contributed by atoms with van der Waals surface area (Å²) in [4.78, 5) is 39.4. The third-order valence-corrected chi connectivity index (χ3v) is 2.32. The Kier molecular flexibility index (Phi) is 5.01. The van der Waals surface area contributed by atoms with E-state index in [1.807, 2.05) is 0 Å². The zero-order valence-corrected chi connectivity index (χ0v) is 9.87. The van der Waals surface area contributed by atoms with Gasteiger partial charge in [-0.05, 0) is 0 Å². The van der Waals surface area contributed by atoms with Crippen LogP contribution < -0.4 is 11.1 Å². The minimum absolute atomic E-state index is 0.144. The fourth-order valence-corrected chi connectivity index (χ4v) is 1.38. The van der Waals surface area contributed by atoms with E-state index in [4.69, 9.17) is 15.9 Å². The zero-order chi connectivity index (χ0) is 14.4. The summed E-state index contributed by atoms with van der Waals surface area (Å²) in [7, 11) is 0. The Labute approximate surface area is 107 Å². The van der Waals surface area contributed by atoms with Crippen molar-refractivity contribution < 1.29 is 24.6 Å². The first-order chi connectivity index (χ1) is 8.90. The van der Waals surface area contributed by atoms with Crippen LogP contribution in [0.5, 0.6) is 0 Å². The number of carboxylic acid groups (broad SMARTS) is 2. The fourth-order valence-electron chi connectivity index (χ4n) is 1.38. The molecule has 1 aromatic heterocycles. The molecule has 1 rings (SSSR count). The highest BCUT2D eigenvalue weighted by Gasteiger charge is 2.25. The van der Waals surface area contributed by atoms with Gasteiger partial charge in [0.15, 0.2) is 0 Å². The van der Waals surface area contributed by atoms with Crippen LogP contribution in [0.1, 0.15) is 12.1 Å².